The summed E-state index contributed by atoms with van der Waals surface area (Å²) in [5, 5.41) is 30.9. The first kappa shape index (κ1) is 39.5. The summed E-state index contributed by atoms with van der Waals surface area (Å²) in [7, 11) is 0. The summed E-state index contributed by atoms with van der Waals surface area (Å²) in [5.74, 6) is -5.40. The number of nitrogens with zero attached hydrogens (tertiary/aromatic N) is 2. The standard InChI is InChI=1S/C33H40N2O2S.2C2H2O4/c1-3-34(4-2)21-23-36-28-15-11-26(12-16-28)25-31-30-9-5-6-10-32(30)38-33(31)27-13-17-29(18-14-27)37-24-22-35-19-7-8-20-35;2*3-1(4)2(5)6/h5-6,9-18H,3-4,7-8,19-25H2,1-2H3;2*(H,3,4)(H,5,6). The largest absolute Gasteiger partial charge is 0.492 e. The van der Waals surface area contributed by atoms with E-state index >= 15 is 0 Å². The number of hydrogen-bond acceptors (Lipinski definition) is 9. The van der Waals surface area contributed by atoms with Crippen molar-refractivity contribution in [2.24, 2.45) is 0 Å². The molecule has 13 heteroatoms. The van der Waals surface area contributed by atoms with Crippen molar-refractivity contribution >= 4 is 45.3 Å². The molecule has 3 aromatic carbocycles. The molecule has 12 nitrogen and oxygen atoms in total. The van der Waals surface area contributed by atoms with Crippen molar-refractivity contribution in [1.82, 2.24) is 9.80 Å². The molecule has 1 fully saturated rings. The van der Waals surface area contributed by atoms with Gasteiger partial charge in [0.05, 0.1) is 0 Å². The molecule has 1 saturated heterocycles. The Bertz CT molecular complexity index is 1630. The molecule has 2 heterocycles. The molecule has 4 N–H and O–H groups in total. The maximum atomic E-state index is 9.10. The number of fused-ring (bicyclic) bond motifs is 1. The fourth-order valence-electron chi connectivity index (χ4n) is 5.25. The summed E-state index contributed by atoms with van der Waals surface area (Å²) in [6.07, 6.45) is 3.54. The van der Waals surface area contributed by atoms with E-state index in [-0.39, 0.29) is 0 Å². The number of rotatable bonds is 13. The van der Waals surface area contributed by atoms with Crippen molar-refractivity contribution in [3.63, 3.8) is 0 Å². The van der Waals surface area contributed by atoms with Crippen molar-refractivity contribution in [2.45, 2.75) is 33.1 Å². The van der Waals surface area contributed by atoms with Crippen LogP contribution in [0.3, 0.4) is 0 Å². The van der Waals surface area contributed by atoms with Gasteiger partial charge in [-0.15, -0.1) is 11.3 Å². The highest BCUT2D eigenvalue weighted by molar-refractivity contribution is 7.22. The number of carboxylic acid groups (broad SMARTS) is 4. The van der Waals surface area contributed by atoms with Crippen molar-refractivity contribution in [3.05, 3.63) is 83.9 Å². The summed E-state index contributed by atoms with van der Waals surface area (Å²) in [4.78, 5) is 42.6. The Labute approximate surface area is 295 Å². The number of likely N-dealkylation sites (tertiary alicyclic amines) is 1. The van der Waals surface area contributed by atoms with Crippen LogP contribution in [0.1, 0.15) is 37.8 Å². The maximum Gasteiger partial charge on any atom is 0.414 e. The third kappa shape index (κ3) is 12.8. The monoisotopic (exact) mass is 708 g/mol. The first-order chi connectivity index (χ1) is 24.0. The number of aliphatic carboxylic acids is 4. The topological polar surface area (TPSA) is 174 Å². The van der Waals surface area contributed by atoms with E-state index in [0.29, 0.717) is 0 Å². The average Bonchev–Trinajstić information content (AvgIpc) is 3.76. The highest BCUT2D eigenvalue weighted by Gasteiger charge is 2.15. The van der Waals surface area contributed by atoms with Crippen molar-refractivity contribution < 1.29 is 49.1 Å². The lowest BCUT2D eigenvalue weighted by molar-refractivity contribution is -0.159. The number of ether oxygens (including phenoxy) is 2. The van der Waals surface area contributed by atoms with Crippen LogP contribution in [-0.4, -0.2) is 107 Å². The number of likely N-dealkylation sites (N-methyl/N-ethyl adjacent to an activating group) is 1. The maximum absolute atomic E-state index is 9.10. The zero-order valence-electron chi connectivity index (χ0n) is 28.2. The van der Waals surface area contributed by atoms with Gasteiger partial charge in [-0.3, -0.25) is 4.90 Å². The van der Waals surface area contributed by atoms with Crippen molar-refractivity contribution in [2.75, 3.05) is 52.5 Å². The Balaban J connectivity index is 0.000000485. The molecule has 1 aliphatic heterocycles. The van der Waals surface area contributed by atoms with E-state index < -0.39 is 23.9 Å². The Morgan fingerprint density at radius 3 is 1.78 bits per heavy atom. The Kier molecular flexibility index (Phi) is 16.2. The molecule has 5 rings (SSSR count). The van der Waals surface area contributed by atoms with Crippen LogP contribution in [0.2, 0.25) is 0 Å². The lowest BCUT2D eigenvalue weighted by Gasteiger charge is -2.18. The molecule has 0 unspecified atom stereocenters. The molecule has 1 aromatic heterocycles. The van der Waals surface area contributed by atoms with E-state index in [0.717, 1.165) is 57.3 Å². The van der Waals surface area contributed by atoms with Gasteiger partial charge in [-0.05, 0) is 110 Å². The van der Waals surface area contributed by atoms with Gasteiger partial charge in [0.15, 0.2) is 0 Å². The molecule has 50 heavy (non-hydrogen) atoms. The number of hydrogen-bond donors (Lipinski definition) is 4. The van der Waals surface area contributed by atoms with E-state index in [4.69, 9.17) is 49.1 Å². The fraction of sp³-hybridized carbons (Fsp3) is 0.351. The lowest BCUT2D eigenvalue weighted by Crippen LogP contribution is -2.27. The number of carboxylic acids is 4. The van der Waals surface area contributed by atoms with Crippen LogP contribution in [0.5, 0.6) is 11.5 Å². The van der Waals surface area contributed by atoms with E-state index in [9.17, 15) is 0 Å². The summed E-state index contributed by atoms with van der Waals surface area (Å²) >= 11 is 1.88. The molecular formula is C37H44N2O10S. The predicted molar refractivity (Wildman–Crippen MR) is 192 cm³/mol. The van der Waals surface area contributed by atoms with Gasteiger partial charge in [0.2, 0.25) is 0 Å². The van der Waals surface area contributed by atoms with Gasteiger partial charge in [0, 0.05) is 22.7 Å². The second-order valence-electron chi connectivity index (χ2n) is 11.2. The summed E-state index contributed by atoms with van der Waals surface area (Å²) in [6.45, 7) is 12.4. The van der Waals surface area contributed by atoms with E-state index in [1.165, 1.54) is 57.6 Å². The third-order valence-electron chi connectivity index (χ3n) is 7.93. The fourth-order valence-corrected chi connectivity index (χ4v) is 6.48. The minimum Gasteiger partial charge on any atom is -0.492 e. The molecule has 0 atom stereocenters. The second kappa shape index (κ2) is 20.5. The minimum absolute atomic E-state index is 0.721. The van der Waals surface area contributed by atoms with Gasteiger partial charge in [-0.2, -0.15) is 0 Å². The molecule has 1 aliphatic rings. The molecule has 0 spiro atoms. The van der Waals surface area contributed by atoms with E-state index in [1.807, 2.05) is 11.3 Å². The molecule has 4 aromatic rings. The SMILES string of the molecule is CCN(CC)CCOc1ccc(Cc2c(-c3ccc(OCCN4CCCC4)cc3)sc3ccccc23)cc1.O=C(O)C(=O)O.O=C(O)C(=O)O. The smallest absolute Gasteiger partial charge is 0.414 e. The lowest BCUT2D eigenvalue weighted by atomic mass is 9.99. The Morgan fingerprint density at radius 1 is 0.720 bits per heavy atom. The second-order valence-corrected chi connectivity index (χ2v) is 12.3. The van der Waals surface area contributed by atoms with Crippen LogP contribution in [-0.2, 0) is 25.6 Å². The van der Waals surface area contributed by atoms with Gasteiger partial charge < -0.3 is 34.8 Å². The molecule has 0 bridgehead atoms. The molecular weight excluding hydrogens is 664 g/mol. The molecule has 0 radical (unpaired) electrons. The Morgan fingerprint density at radius 2 is 1.24 bits per heavy atom. The van der Waals surface area contributed by atoms with Crippen LogP contribution in [0.15, 0.2) is 72.8 Å². The van der Waals surface area contributed by atoms with Gasteiger partial charge in [-0.25, -0.2) is 19.2 Å². The van der Waals surface area contributed by atoms with Crippen molar-refractivity contribution in [1.29, 1.82) is 0 Å². The van der Waals surface area contributed by atoms with Gasteiger partial charge in [0.1, 0.15) is 24.7 Å². The third-order valence-corrected chi connectivity index (χ3v) is 9.19. The van der Waals surface area contributed by atoms with E-state index in [1.54, 1.807) is 0 Å². The molecule has 0 aliphatic carbocycles. The zero-order chi connectivity index (χ0) is 36.5. The van der Waals surface area contributed by atoms with Crippen LogP contribution < -0.4 is 9.47 Å². The molecule has 0 amide bonds. The van der Waals surface area contributed by atoms with Gasteiger partial charge in [-0.1, -0.05) is 44.2 Å². The first-order valence-corrected chi connectivity index (χ1v) is 17.2. The van der Waals surface area contributed by atoms with Gasteiger partial charge >= 0.3 is 23.9 Å². The van der Waals surface area contributed by atoms with Crippen molar-refractivity contribution in [3.8, 4) is 21.9 Å². The highest BCUT2D eigenvalue weighted by Crippen LogP contribution is 2.40. The minimum atomic E-state index is -1.82. The van der Waals surface area contributed by atoms with E-state index in [2.05, 4.69) is 96.4 Å². The average molecular weight is 709 g/mol. The van der Waals surface area contributed by atoms with Crippen LogP contribution in [0, 0.1) is 0 Å². The van der Waals surface area contributed by atoms with Crippen LogP contribution in [0.25, 0.3) is 20.5 Å². The number of benzene rings is 3. The normalized spacial score (nSPS) is 12.4. The quantitative estimate of drug-likeness (QED) is 0.126. The van der Waals surface area contributed by atoms with Crippen LogP contribution >= 0.6 is 11.3 Å². The summed E-state index contributed by atoms with van der Waals surface area (Å²) in [5.41, 5.74) is 3.95. The predicted octanol–water partition coefficient (Wildman–Crippen LogP) is 5.67. The Hall–Kier alpha value is -4.98. The highest BCUT2D eigenvalue weighted by atomic mass is 32.1. The molecule has 0 saturated carbocycles. The molecule has 268 valence electrons. The number of thiophene rings is 1. The zero-order valence-corrected chi connectivity index (χ0v) is 29.1. The summed E-state index contributed by atoms with van der Waals surface area (Å²) < 4.78 is 13.4. The first-order valence-electron chi connectivity index (χ1n) is 16.3. The number of carbonyl (C=O) groups is 4. The summed E-state index contributed by atoms with van der Waals surface area (Å²) in [6, 6.07) is 26.1. The van der Waals surface area contributed by atoms with Gasteiger partial charge in [0.25, 0.3) is 0 Å². The van der Waals surface area contributed by atoms with Crippen LogP contribution in [0.4, 0.5) is 0 Å².